The third-order valence-electron chi connectivity index (χ3n) is 4.49. The summed E-state index contributed by atoms with van der Waals surface area (Å²) in [6.45, 7) is 4.52. The first-order valence-corrected chi connectivity index (χ1v) is 7.43. The van der Waals surface area contributed by atoms with Crippen LogP contribution in [0.25, 0.3) is 0 Å². The summed E-state index contributed by atoms with van der Waals surface area (Å²) in [6.07, 6.45) is 1.81. The monoisotopic (exact) mass is 294 g/mol. The third-order valence-corrected chi connectivity index (χ3v) is 4.81. The Kier molecular flexibility index (Phi) is 3.61. The Bertz CT molecular complexity index is 516. The molecule has 20 heavy (non-hydrogen) atoms. The maximum atomic E-state index is 12.2. The zero-order valence-electron chi connectivity index (χ0n) is 11.6. The van der Waals surface area contributed by atoms with E-state index in [1.54, 1.807) is 4.90 Å². The van der Waals surface area contributed by atoms with Crippen LogP contribution in [0.3, 0.4) is 0 Å². The molecule has 1 aromatic rings. The van der Waals surface area contributed by atoms with Gasteiger partial charge in [-0.25, -0.2) is 4.79 Å². The fourth-order valence-corrected chi connectivity index (χ4v) is 3.52. The summed E-state index contributed by atoms with van der Waals surface area (Å²) < 4.78 is 5.35. The van der Waals surface area contributed by atoms with Crippen LogP contribution in [0.5, 0.6) is 0 Å². The molecular formula is C15H19ClN2O2. The topological polar surface area (TPSA) is 41.6 Å². The first kappa shape index (κ1) is 13.7. The molecule has 2 fully saturated rings. The van der Waals surface area contributed by atoms with E-state index in [4.69, 9.17) is 16.3 Å². The van der Waals surface area contributed by atoms with Gasteiger partial charge in [0.2, 0.25) is 0 Å². The number of nitrogens with one attached hydrogen (secondary N) is 1. The Morgan fingerprint density at radius 1 is 1.35 bits per heavy atom. The van der Waals surface area contributed by atoms with Crippen LogP contribution in [0, 0.1) is 5.92 Å². The highest BCUT2D eigenvalue weighted by atomic mass is 35.5. The number of amides is 1. The molecule has 2 aliphatic rings. The molecule has 1 aromatic carbocycles. The highest BCUT2D eigenvalue weighted by Crippen LogP contribution is 2.41. The second-order valence-corrected chi connectivity index (χ2v) is 6.13. The largest absolute Gasteiger partial charge is 0.447 e. The molecule has 108 valence electrons. The highest BCUT2D eigenvalue weighted by Gasteiger charge is 2.50. The van der Waals surface area contributed by atoms with E-state index in [2.05, 4.69) is 12.2 Å². The number of halogens is 1. The van der Waals surface area contributed by atoms with Gasteiger partial charge in [0.05, 0.1) is 16.2 Å². The lowest BCUT2D eigenvalue weighted by Crippen LogP contribution is -2.53. The summed E-state index contributed by atoms with van der Waals surface area (Å²) in [6, 6.07) is 7.46. The number of hydrogen-bond acceptors (Lipinski definition) is 3. The Labute approximate surface area is 124 Å². The maximum Gasteiger partial charge on any atom is 0.415 e. The van der Waals surface area contributed by atoms with E-state index in [0.717, 1.165) is 31.6 Å². The van der Waals surface area contributed by atoms with Gasteiger partial charge in [-0.2, -0.15) is 0 Å². The average Bonchev–Trinajstić information content (AvgIpc) is 2.78. The minimum absolute atomic E-state index is 0.292. The zero-order chi connectivity index (χ0) is 14.2. The van der Waals surface area contributed by atoms with Crippen LogP contribution in [-0.2, 0) is 4.74 Å². The molecule has 0 spiro atoms. The number of benzene rings is 1. The second-order valence-electron chi connectivity index (χ2n) is 5.72. The van der Waals surface area contributed by atoms with Crippen LogP contribution in [0.1, 0.15) is 19.8 Å². The summed E-state index contributed by atoms with van der Waals surface area (Å²) in [5.41, 5.74) is 0.433. The predicted octanol–water partition coefficient (Wildman–Crippen LogP) is 3.05. The maximum absolute atomic E-state index is 12.2. The molecule has 2 aliphatic heterocycles. The smallest absolute Gasteiger partial charge is 0.415 e. The van der Waals surface area contributed by atoms with Gasteiger partial charge < -0.3 is 10.1 Å². The van der Waals surface area contributed by atoms with Crippen molar-refractivity contribution in [2.75, 3.05) is 24.6 Å². The van der Waals surface area contributed by atoms with Crippen LogP contribution in [0.2, 0.25) is 5.02 Å². The molecule has 0 radical (unpaired) electrons. The lowest BCUT2D eigenvalue weighted by atomic mass is 9.79. The number of anilines is 1. The van der Waals surface area contributed by atoms with E-state index in [0.29, 0.717) is 17.5 Å². The molecule has 3 rings (SSSR count). The van der Waals surface area contributed by atoms with E-state index in [1.807, 2.05) is 24.3 Å². The van der Waals surface area contributed by atoms with Gasteiger partial charge in [0, 0.05) is 0 Å². The van der Waals surface area contributed by atoms with Crippen molar-refractivity contribution in [2.45, 2.75) is 25.3 Å². The summed E-state index contributed by atoms with van der Waals surface area (Å²) in [5, 5.41) is 3.95. The fraction of sp³-hybridized carbons (Fsp3) is 0.533. The zero-order valence-corrected chi connectivity index (χ0v) is 12.3. The van der Waals surface area contributed by atoms with Crippen LogP contribution >= 0.6 is 11.6 Å². The van der Waals surface area contributed by atoms with Crippen LogP contribution < -0.4 is 10.2 Å². The average molecular weight is 295 g/mol. The van der Waals surface area contributed by atoms with Gasteiger partial charge in [-0.05, 0) is 50.9 Å². The molecule has 1 amide bonds. The Balaban J connectivity index is 1.97. The second kappa shape index (κ2) is 5.26. The number of carbonyl (C=O) groups is 1. The molecule has 0 aromatic heterocycles. The normalized spacial score (nSPS) is 27.7. The van der Waals surface area contributed by atoms with E-state index < -0.39 is 0 Å². The molecule has 0 bridgehead atoms. The van der Waals surface area contributed by atoms with Crippen molar-refractivity contribution in [3.05, 3.63) is 29.3 Å². The van der Waals surface area contributed by atoms with Crippen molar-refractivity contribution >= 4 is 23.4 Å². The third kappa shape index (κ3) is 2.17. The number of hydrogen-bond donors (Lipinski definition) is 1. The van der Waals surface area contributed by atoms with Crippen molar-refractivity contribution in [1.29, 1.82) is 0 Å². The van der Waals surface area contributed by atoms with Crippen molar-refractivity contribution < 1.29 is 9.53 Å². The first-order chi connectivity index (χ1) is 9.63. The number of piperidine rings is 1. The summed E-state index contributed by atoms with van der Waals surface area (Å²) in [5.74, 6) is 0.423. The molecule has 1 unspecified atom stereocenters. The van der Waals surface area contributed by atoms with Gasteiger partial charge >= 0.3 is 6.09 Å². The van der Waals surface area contributed by atoms with Crippen LogP contribution in [0.15, 0.2) is 24.3 Å². The van der Waals surface area contributed by atoms with Gasteiger partial charge in [-0.15, -0.1) is 0 Å². The fourth-order valence-electron chi connectivity index (χ4n) is 3.30. The molecule has 0 saturated carbocycles. The Hall–Kier alpha value is -1.26. The van der Waals surface area contributed by atoms with Crippen molar-refractivity contribution in [3.8, 4) is 0 Å². The number of rotatable bonds is 2. The Morgan fingerprint density at radius 2 is 2.05 bits per heavy atom. The lowest BCUT2D eigenvalue weighted by molar-refractivity contribution is 0.156. The van der Waals surface area contributed by atoms with Gasteiger partial charge in [0.25, 0.3) is 0 Å². The van der Waals surface area contributed by atoms with Gasteiger partial charge in [-0.1, -0.05) is 23.7 Å². The molecule has 0 aliphatic carbocycles. The molecule has 1 atom stereocenters. The SMILES string of the molecule is CC1(C2CCNCC2)COC(=O)N1c1ccccc1Cl. The quantitative estimate of drug-likeness (QED) is 0.911. The van der Waals surface area contributed by atoms with Gasteiger partial charge in [0.1, 0.15) is 6.61 Å². The van der Waals surface area contributed by atoms with E-state index in [-0.39, 0.29) is 11.6 Å². The summed E-state index contributed by atoms with van der Waals surface area (Å²) in [7, 11) is 0. The van der Waals surface area contributed by atoms with Crippen LogP contribution in [0.4, 0.5) is 10.5 Å². The van der Waals surface area contributed by atoms with Gasteiger partial charge in [0.15, 0.2) is 0 Å². The van der Waals surface area contributed by atoms with Crippen molar-refractivity contribution in [3.63, 3.8) is 0 Å². The summed E-state index contributed by atoms with van der Waals surface area (Å²) in [4.78, 5) is 14.0. The number of carbonyl (C=O) groups excluding carboxylic acids is 1. The van der Waals surface area contributed by atoms with Crippen LogP contribution in [-0.4, -0.2) is 31.3 Å². The molecule has 4 nitrogen and oxygen atoms in total. The van der Waals surface area contributed by atoms with Crippen molar-refractivity contribution in [1.82, 2.24) is 5.32 Å². The summed E-state index contributed by atoms with van der Waals surface area (Å²) >= 11 is 6.27. The number of nitrogens with zero attached hydrogens (tertiary/aromatic N) is 1. The number of ether oxygens (including phenoxy) is 1. The lowest BCUT2D eigenvalue weighted by Gasteiger charge is -2.41. The molecule has 1 N–H and O–H groups in total. The van der Waals surface area contributed by atoms with E-state index in [1.165, 1.54) is 0 Å². The number of cyclic esters (lactones) is 1. The Morgan fingerprint density at radius 3 is 2.75 bits per heavy atom. The predicted molar refractivity (Wildman–Crippen MR) is 79.3 cm³/mol. The van der Waals surface area contributed by atoms with Gasteiger partial charge in [-0.3, -0.25) is 4.90 Å². The van der Waals surface area contributed by atoms with E-state index >= 15 is 0 Å². The van der Waals surface area contributed by atoms with E-state index in [9.17, 15) is 4.79 Å². The molecule has 2 heterocycles. The van der Waals surface area contributed by atoms with Crippen molar-refractivity contribution in [2.24, 2.45) is 5.92 Å². The molecule has 5 heteroatoms. The molecular weight excluding hydrogens is 276 g/mol. The standard InChI is InChI=1S/C15H19ClN2O2/c1-15(11-6-8-17-9-7-11)10-20-14(19)18(15)13-5-3-2-4-12(13)16/h2-5,11,17H,6-10H2,1H3. The minimum Gasteiger partial charge on any atom is -0.447 e. The number of para-hydroxylation sites is 1. The first-order valence-electron chi connectivity index (χ1n) is 7.05. The minimum atomic E-state index is -0.315. The highest BCUT2D eigenvalue weighted by molar-refractivity contribution is 6.33. The molecule has 2 saturated heterocycles.